The minimum Gasteiger partial charge on any atom is -0.462 e. The monoisotopic (exact) mass is 406 g/mol. The number of nitrogens with two attached hydrogens (primary N) is 1. The number of nitrogens with zero attached hydrogens (tertiary/aromatic N) is 5. The van der Waals surface area contributed by atoms with E-state index in [0.29, 0.717) is 19.4 Å². The Bertz CT molecular complexity index is 912. The number of esters is 1. The van der Waals surface area contributed by atoms with Crippen LogP contribution in [0.3, 0.4) is 0 Å². The van der Waals surface area contributed by atoms with Gasteiger partial charge in [-0.1, -0.05) is 5.92 Å². The summed E-state index contributed by atoms with van der Waals surface area (Å²) in [7, 11) is 3.04. The van der Waals surface area contributed by atoms with Crippen molar-refractivity contribution in [3.63, 3.8) is 0 Å². The van der Waals surface area contributed by atoms with Gasteiger partial charge in [0.05, 0.1) is 6.33 Å². The summed E-state index contributed by atoms with van der Waals surface area (Å²) in [5.74, 6) is 2.01. The Morgan fingerprint density at radius 1 is 1.52 bits per heavy atom. The van der Waals surface area contributed by atoms with Crippen LogP contribution in [0, 0.1) is 18.4 Å². The van der Waals surface area contributed by atoms with E-state index < -0.39 is 17.6 Å². The number of carbonyl (C=O) groups excluding carboxylic acids is 2. The van der Waals surface area contributed by atoms with Crippen LogP contribution in [-0.2, 0) is 25.6 Å². The molecule has 0 aliphatic rings. The van der Waals surface area contributed by atoms with Crippen LogP contribution in [0.1, 0.15) is 19.3 Å². The highest BCUT2D eigenvalue weighted by Gasteiger charge is 2.30. The van der Waals surface area contributed by atoms with Gasteiger partial charge >= 0.3 is 12.0 Å². The first kappa shape index (κ1) is 22.0. The first-order valence-corrected chi connectivity index (χ1v) is 8.82. The third kappa shape index (κ3) is 5.61. The molecule has 0 bridgehead atoms. The second kappa shape index (κ2) is 9.79. The second-order valence-electron chi connectivity index (χ2n) is 6.43. The molecule has 29 heavy (non-hydrogen) atoms. The van der Waals surface area contributed by atoms with Crippen molar-refractivity contribution in [3.8, 4) is 12.3 Å². The number of hydrogen-bond acceptors (Lipinski definition) is 8. The molecule has 2 aromatic heterocycles. The number of methoxy groups -OCH3 is 1. The van der Waals surface area contributed by atoms with Crippen molar-refractivity contribution in [1.29, 1.82) is 0 Å². The molecule has 10 nitrogen and oxygen atoms in total. The molecule has 0 aliphatic heterocycles. The van der Waals surface area contributed by atoms with Crippen molar-refractivity contribution >= 4 is 29.4 Å². The number of aromatic nitrogens is 4. The van der Waals surface area contributed by atoms with Crippen molar-refractivity contribution in [1.82, 2.24) is 24.4 Å². The number of imidazole rings is 1. The lowest BCUT2D eigenvalue weighted by atomic mass is 10.0. The fraction of sp³-hybridized carbons (Fsp3) is 0.500. The van der Waals surface area contributed by atoms with E-state index in [1.807, 2.05) is 0 Å². The molecule has 0 radical (unpaired) electrons. The third-order valence-electron chi connectivity index (χ3n) is 4.41. The predicted molar refractivity (Wildman–Crippen MR) is 102 cm³/mol. The van der Waals surface area contributed by atoms with Gasteiger partial charge in [0.15, 0.2) is 17.1 Å². The highest BCUT2D eigenvalue weighted by Crippen LogP contribution is 2.20. The Balaban J connectivity index is 1.98. The summed E-state index contributed by atoms with van der Waals surface area (Å²) in [5.41, 5.74) is 4.98. The molecule has 156 valence electrons. The zero-order valence-electron chi connectivity index (χ0n) is 16.3. The molecular formula is C18H23FN6O4. The van der Waals surface area contributed by atoms with Gasteiger partial charge < -0.3 is 24.7 Å². The summed E-state index contributed by atoms with van der Waals surface area (Å²) in [6, 6.07) is 0. The largest absolute Gasteiger partial charge is 0.462 e. The number of carbonyl (C=O) groups is 2. The zero-order chi connectivity index (χ0) is 21.4. The van der Waals surface area contributed by atoms with Crippen LogP contribution in [0.5, 0.6) is 0 Å². The molecule has 0 spiro atoms. The molecule has 2 aromatic rings. The normalized spacial score (nSPS) is 12.9. The van der Waals surface area contributed by atoms with Gasteiger partial charge in [-0.2, -0.15) is 14.4 Å². The lowest BCUT2D eigenvalue weighted by molar-refractivity contribution is -0.150. The number of amides is 1. The number of rotatable bonds is 11. The Morgan fingerprint density at radius 3 is 2.93 bits per heavy atom. The van der Waals surface area contributed by atoms with Crippen LogP contribution in [-0.4, -0.2) is 69.7 Å². The molecule has 1 atom stereocenters. The van der Waals surface area contributed by atoms with Gasteiger partial charge in [-0.3, -0.25) is 9.59 Å². The van der Waals surface area contributed by atoms with Crippen LogP contribution in [0.25, 0.3) is 11.2 Å². The lowest BCUT2D eigenvalue weighted by Gasteiger charge is -2.26. The SMILES string of the molecule is C#CC(CCn1cnc2c(N)nc(F)nc21)(COC(=O)CCCN(C)C=O)OC. The van der Waals surface area contributed by atoms with Crippen LogP contribution in [0.4, 0.5) is 10.2 Å². The maximum atomic E-state index is 13.5. The number of anilines is 1. The van der Waals surface area contributed by atoms with Gasteiger partial charge in [-0.05, 0) is 6.42 Å². The molecule has 1 amide bonds. The van der Waals surface area contributed by atoms with Crippen LogP contribution < -0.4 is 5.73 Å². The van der Waals surface area contributed by atoms with Crippen LogP contribution in [0.15, 0.2) is 6.33 Å². The molecule has 0 aliphatic carbocycles. The number of nitrogen functional groups attached to an aromatic ring is 1. The molecule has 0 fully saturated rings. The minimum atomic E-state index is -1.18. The van der Waals surface area contributed by atoms with Gasteiger partial charge in [0.1, 0.15) is 12.1 Å². The van der Waals surface area contributed by atoms with Crippen molar-refractivity contribution in [2.75, 3.05) is 33.0 Å². The maximum absolute atomic E-state index is 13.5. The fourth-order valence-electron chi connectivity index (χ4n) is 2.60. The Labute approximate surface area is 167 Å². The van der Waals surface area contributed by atoms with Crippen molar-refractivity contribution < 1.29 is 23.5 Å². The van der Waals surface area contributed by atoms with Crippen molar-refractivity contribution in [3.05, 3.63) is 12.4 Å². The second-order valence-corrected chi connectivity index (χ2v) is 6.43. The van der Waals surface area contributed by atoms with E-state index in [0.717, 1.165) is 0 Å². The smallest absolute Gasteiger partial charge is 0.312 e. The topological polar surface area (TPSA) is 125 Å². The molecule has 0 saturated heterocycles. The average molecular weight is 406 g/mol. The number of halogens is 1. The van der Waals surface area contributed by atoms with E-state index in [1.165, 1.54) is 18.3 Å². The molecule has 2 N–H and O–H groups in total. The van der Waals surface area contributed by atoms with Crippen molar-refractivity contribution in [2.24, 2.45) is 0 Å². The van der Waals surface area contributed by atoms with E-state index in [9.17, 15) is 14.0 Å². The Morgan fingerprint density at radius 2 is 2.28 bits per heavy atom. The van der Waals surface area contributed by atoms with Crippen LogP contribution in [0.2, 0.25) is 0 Å². The predicted octanol–water partition coefficient (Wildman–Crippen LogP) is 0.368. The zero-order valence-corrected chi connectivity index (χ0v) is 16.3. The third-order valence-corrected chi connectivity index (χ3v) is 4.41. The van der Waals surface area contributed by atoms with Crippen molar-refractivity contribution in [2.45, 2.75) is 31.4 Å². The van der Waals surface area contributed by atoms with E-state index in [4.69, 9.17) is 21.6 Å². The molecule has 2 rings (SSSR count). The number of ether oxygens (including phenoxy) is 2. The maximum Gasteiger partial charge on any atom is 0.312 e. The van der Waals surface area contributed by atoms with E-state index in [2.05, 4.69) is 20.9 Å². The van der Waals surface area contributed by atoms with Gasteiger partial charge in [-0.15, -0.1) is 6.42 Å². The molecule has 2 heterocycles. The summed E-state index contributed by atoms with van der Waals surface area (Å²) in [6.07, 6.45) is 7.65. The number of hydrogen-bond donors (Lipinski definition) is 1. The molecule has 11 heteroatoms. The van der Waals surface area contributed by atoms with Gasteiger partial charge in [-0.25, -0.2) is 4.98 Å². The standard InChI is InChI=1S/C18H23FN6O4/c1-4-18(28-3,10-29-13(27)6-5-8-24(2)12-26)7-9-25-11-21-14-15(20)22-17(19)23-16(14)25/h1,11-12H,5-10H2,2-3H3,(H2,20,22,23). The first-order chi connectivity index (χ1) is 13.8. The Kier molecular flexibility index (Phi) is 7.44. The fourth-order valence-corrected chi connectivity index (χ4v) is 2.60. The minimum absolute atomic E-state index is 0.0599. The average Bonchev–Trinajstić information content (AvgIpc) is 3.11. The summed E-state index contributed by atoms with van der Waals surface area (Å²) in [6.45, 7) is 0.561. The molecular weight excluding hydrogens is 383 g/mol. The van der Waals surface area contributed by atoms with Crippen LogP contribution >= 0.6 is 0 Å². The van der Waals surface area contributed by atoms with E-state index in [-0.39, 0.29) is 43.0 Å². The summed E-state index contributed by atoms with van der Waals surface area (Å²) >= 11 is 0. The highest BCUT2D eigenvalue weighted by molar-refractivity contribution is 5.81. The van der Waals surface area contributed by atoms with E-state index >= 15 is 0 Å². The lowest BCUT2D eigenvalue weighted by Crippen LogP contribution is -2.37. The number of aryl methyl sites for hydroxylation is 1. The summed E-state index contributed by atoms with van der Waals surface area (Å²) in [5, 5.41) is 0. The van der Waals surface area contributed by atoms with Gasteiger partial charge in [0.25, 0.3) is 0 Å². The quantitative estimate of drug-likeness (QED) is 0.246. The Hall–Kier alpha value is -3.26. The van der Waals surface area contributed by atoms with Gasteiger partial charge in [0, 0.05) is 40.1 Å². The molecule has 1 unspecified atom stereocenters. The summed E-state index contributed by atoms with van der Waals surface area (Å²) < 4.78 is 25.7. The first-order valence-electron chi connectivity index (χ1n) is 8.82. The van der Waals surface area contributed by atoms with E-state index in [1.54, 1.807) is 11.6 Å². The highest BCUT2D eigenvalue weighted by atomic mass is 19.1. The van der Waals surface area contributed by atoms with Gasteiger partial charge in [0.2, 0.25) is 6.41 Å². The molecule has 0 aromatic carbocycles. The number of terminal acetylenes is 1. The number of fused-ring (bicyclic) bond motifs is 1. The summed E-state index contributed by atoms with van der Waals surface area (Å²) in [4.78, 5) is 35.1. The molecule has 0 saturated carbocycles.